The van der Waals surface area contributed by atoms with Gasteiger partial charge in [0.2, 0.25) is 0 Å². The third kappa shape index (κ3) is 51.6. The molecule has 0 aliphatic carbocycles. The van der Waals surface area contributed by atoms with Crippen LogP contribution in [-0.2, 0) is 42.6 Å². The van der Waals surface area contributed by atoms with Gasteiger partial charge in [-0.05, 0) is 12.8 Å². The lowest BCUT2D eigenvalue weighted by Crippen LogP contribution is -2.15. The van der Waals surface area contributed by atoms with Crippen molar-refractivity contribution in [3.63, 3.8) is 0 Å². The van der Waals surface area contributed by atoms with Gasteiger partial charge in [-0.25, -0.2) is 0 Å². The van der Waals surface area contributed by atoms with E-state index in [9.17, 15) is 0 Å². The summed E-state index contributed by atoms with van der Waals surface area (Å²) in [7, 11) is 0. The normalized spacial score (nSPS) is 11.7. The maximum atomic E-state index is 5.68. The molecule has 0 saturated carbocycles. The van der Waals surface area contributed by atoms with Crippen LogP contribution in [0.3, 0.4) is 0 Å². The number of hydrogen-bond donors (Lipinski definition) is 0. The van der Waals surface area contributed by atoms with Gasteiger partial charge in [0.1, 0.15) is 0 Å². The van der Waals surface area contributed by atoms with Crippen LogP contribution in [0, 0.1) is 0 Å². The second-order valence-corrected chi connectivity index (χ2v) is 14.3. The topological polar surface area (TPSA) is 83.1 Å². The fourth-order valence-electron chi connectivity index (χ4n) is 5.95. The summed E-state index contributed by atoms with van der Waals surface area (Å²) < 4.78 is 50.2. The fraction of sp³-hybridized carbons (Fsp3) is 1.00. The molecule has 0 spiro atoms. The average molecular weight is 763 g/mol. The monoisotopic (exact) mass is 763 g/mol. The van der Waals surface area contributed by atoms with Gasteiger partial charge in [0, 0.05) is 13.2 Å². The Kier molecular flexibility index (Phi) is 51.3. The second-order valence-electron chi connectivity index (χ2n) is 14.3. The Labute approximate surface area is 328 Å². The molecule has 0 amide bonds. The van der Waals surface area contributed by atoms with Gasteiger partial charge >= 0.3 is 0 Å². The minimum absolute atomic E-state index is 0.544. The Morgan fingerprint density at radius 3 is 0.453 bits per heavy atom. The van der Waals surface area contributed by atoms with E-state index in [0.29, 0.717) is 106 Å². The van der Waals surface area contributed by atoms with E-state index in [0.717, 1.165) is 26.1 Å². The molecular weight excluding hydrogens is 672 g/mol. The van der Waals surface area contributed by atoms with Crippen LogP contribution in [0.4, 0.5) is 0 Å². The highest BCUT2D eigenvalue weighted by atomic mass is 16.6. The van der Waals surface area contributed by atoms with E-state index in [1.807, 2.05) is 0 Å². The molecule has 0 rings (SSSR count). The Morgan fingerprint density at radius 1 is 0.151 bits per heavy atom. The Morgan fingerprint density at radius 2 is 0.283 bits per heavy atom. The van der Waals surface area contributed by atoms with Crippen LogP contribution in [0.25, 0.3) is 0 Å². The minimum Gasteiger partial charge on any atom is -0.379 e. The van der Waals surface area contributed by atoms with Crippen molar-refractivity contribution in [2.45, 2.75) is 168 Å². The molecule has 0 aromatic heterocycles. The Hall–Kier alpha value is -0.360. The molecule has 0 saturated heterocycles. The predicted molar refractivity (Wildman–Crippen MR) is 220 cm³/mol. The van der Waals surface area contributed by atoms with Crippen LogP contribution in [-0.4, -0.2) is 119 Å². The van der Waals surface area contributed by atoms with E-state index in [4.69, 9.17) is 42.6 Å². The second kappa shape index (κ2) is 51.6. The maximum Gasteiger partial charge on any atom is 0.0701 e. The molecule has 0 aromatic rings. The van der Waals surface area contributed by atoms with E-state index in [2.05, 4.69) is 13.8 Å². The van der Waals surface area contributed by atoms with Crippen LogP contribution in [0.1, 0.15) is 168 Å². The molecule has 0 N–H and O–H groups in total. The Bertz CT molecular complexity index is 563. The van der Waals surface area contributed by atoms with Crippen molar-refractivity contribution in [1.29, 1.82) is 0 Å². The van der Waals surface area contributed by atoms with Crippen LogP contribution < -0.4 is 0 Å². The molecule has 0 fully saturated rings. The Balaban J connectivity index is 3.05. The third-order valence-electron chi connectivity index (χ3n) is 9.26. The van der Waals surface area contributed by atoms with Gasteiger partial charge in [0.15, 0.2) is 0 Å². The minimum atomic E-state index is 0.544. The van der Waals surface area contributed by atoms with Crippen LogP contribution in [0.2, 0.25) is 0 Å². The van der Waals surface area contributed by atoms with Gasteiger partial charge < -0.3 is 42.6 Å². The van der Waals surface area contributed by atoms with Crippen LogP contribution in [0.15, 0.2) is 0 Å². The van der Waals surface area contributed by atoms with E-state index in [1.165, 1.54) is 141 Å². The van der Waals surface area contributed by atoms with E-state index in [1.54, 1.807) is 0 Å². The average Bonchev–Trinajstić information content (AvgIpc) is 3.17. The molecule has 53 heavy (non-hydrogen) atoms. The third-order valence-corrected chi connectivity index (χ3v) is 9.26. The van der Waals surface area contributed by atoms with Crippen LogP contribution >= 0.6 is 0 Å². The van der Waals surface area contributed by atoms with Gasteiger partial charge in [-0.2, -0.15) is 0 Å². The first-order valence-corrected chi connectivity index (χ1v) is 22.6. The number of unbranched alkanes of at least 4 members (excludes halogenated alkanes) is 22. The quantitative estimate of drug-likeness (QED) is 0.0563. The first-order chi connectivity index (χ1) is 26.4. The van der Waals surface area contributed by atoms with Crippen molar-refractivity contribution in [2.75, 3.05) is 119 Å². The highest BCUT2D eigenvalue weighted by molar-refractivity contribution is 4.50. The zero-order valence-corrected chi connectivity index (χ0v) is 35.4. The summed E-state index contributed by atoms with van der Waals surface area (Å²) in [4.78, 5) is 0. The molecule has 0 aliphatic heterocycles. The van der Waals surface area contributed by atoms with E-state index >= 15 is 0 Å². The van der Waals surface area contributed by atoms with Crippen molar-refractivity contribution in [2.24, 2.45) is 0 Å². The molecule has 0 unspecified atom stereocenters. The van der Waals surface area contributed by atoms with Crippen molar-refractivity contribution < 1.29 is 42.6 Å². The molecule has 9 nitrogen and oxygen atoms in total. The van der Waals surface area contributed by atoms with Gasteiger partial charge in [-0.3, -0.25) is 0 Å². The first kappa shape index (κ1) is 52.6. The largest absolute Gasteiger partial charge is 0.379 e. The molecule has 0 heterocycles. The smallest absolute Gasteiger partial charge is 0.0701 e. The summed E-state index contributed by atoms with van der Waals surface area (Å²) in [5.41, 5.74) is 0. The lowest BCUT2D eigenvalue weighted by molar-refractivity contribution is -0.0250. The molecule has 9 heteroatoms. The molecule has 0 radical (unpaired) electrons. The summed E-state index contributed by atoms with van der Waals surface area (Å²) >= 11 is 0. The summed E-state index contributed by atoms with van der Waals surface area (Å²) in [6.45, 7) is 15.5. The molecule has 0 aromatic carbocycles. The molecular formula is C44H90O9. The molecule has 0 bridgehead atoms. The lowest BCUT2D eigenvalue weighted by atomic mass is 10.1. The van der Waals surface area contributed by atoms with Crippen LogP contribution in [0.5, 0.6) is 0 Å². The summed E-state index contributed by atoms with van der Waals surface area (Å²) in [5.74, 6) is 0. The van der Waals surface area contributed by atoms with Crippen molar-refractivity contribution in [1.82, 2.24) is 0 Å². The standard InChI is InChI=1S/C44H90O9/c1-3-5-7-9-11-13-15-17-19-21-23-25-27-45-29-31-47-33-35-49-37-39-51-41-43-53-44-42-52-40-38-50-36-34-48-32-30-46-28-26-24-22-20-18-16-14-12-10-8-6-4-2/h3-44H2,1-2H3. The van der Waals surface area contributed by atoms with Gasteiger partial charge in [0.25, 0.3) is 0 Å². The number of rotatable bonds is 50. The van der Waals surface area contributed by atoms with Crippen molar-refractivity contribution in [3.05, 3.63) is 0 Å². The highest BCUT2D eigenvalue weighted by Crippen LogP contribution is 2.13. The lowest BCUT2D eigenvalue weighted by Gasteiger charge is -2.09. The zero-order chi connectivity index (χ0) is 38.1. The first-order valence-electron chi connectivity index (χ1n) is 22.6. The van der Waals surface area contributed by atoms with E-state index < -0.39 is 0 Å². The summed E-state index contributed by atoms with van der Waals surface area (Å²) in [5, 5.41) is 0. The SMILES string of the molecule is CCCCCCCCCCCCCCOCCOCCOCCOCCOCCOCCOCCOCCOCCCCCCCCCCCCCC. The van der Waals surface area contributed by atoms with Crippen molar-refractivity contribution in [3.8, 4) is 0 Å². The van der Waals surface area contributed by atoms with Gasteiger partial charge in [-0.15, -0.1) is 0 Å². The van der Waals surface area contributed by atoms with E-state index in [-0.39, 0.29) is 0 Å². The number of ether oxygens (including phenoxy) is 9. The molecule has 0 atom stereocenters. The zero-order valence-electron chi connectivity index (χ0n) is 35.4. The highest BCUT2D eigenvalue weighted by Gasteiger charge is 1.98. The maximum absolute atomic E-state index is 5.68. The predicted octanol–water partition coefficient (Wildman–Crippen LogP) is 10.5. The summed E-state index contributed by atoms with van der Waals surface area (Å²) in [6.07, 6.45) is 32.8. The number of hydrogen-bond acceptors (Lipinski definition) is 9. The summed E-state index contributed by atoms with van der Waals surface area (Å²) in [6, 6.07) is 0. The van der Waals surface area contributed by atoms with Gasteiger partial charge in [-0.1, -0.05) is 155 Å². The molecule has 0 aliphatic rings. The molecule has 320 valence electrons. The van der Waals surface area contributed by atoms with Gasteiger partial charge in [0.05, 0.1) is 106 Å². The fourth-order valence-corrected chi connectivity index (χ4v) is 5.95. The van der Waals surface area contributed by atoms with Crippen molar-refractivity contribution >= 4 is 0 Å².